The van der Waals surface area contributed by atoms with E-state index in [4.69, 9.17) is 15.2 Å². The van der Waals surface area contributed by atoms with Crippen LogP contribution in [0.1, 0.15) is 5.56 Å². The van der Waals surface area contributed by atoms with Crippen molar-refractivity contribution in [2.24, 2.45) is 10.7 Å². The molecule has 1 aliphatic rings. The fraction of sp³-hybridized carbons (Fsp3) is 0.235. The van der Waals surface area contributed by atoms with Crippen molar-refractivity contribution in [1.29, 1.82) is 0 Å². The van der Waals surface area contributed by atoms with E-state index in [1.54, 1.807) is 0 Å². The fourth-order valence-corrected chi connectivity index (χ4v) is 2.98. The first-order valence-corrected chi connectivity index (χ1v) is 8.84. The smallest absolute Gasteiger partial charge is 0.418 e. The van der Waals surface area contributed by atoms with Gasteiger partial charge in [0, 0.05) is 28.0 Å². The van der Waals surface area contributed by atoms with E-state index in [9.17, 15) is 23.1 Å². The van der Waals surface area contributed by atoms with Gasteiger partial charge in [0.2, 0.25) is 0 Å². The van der Waals surface area contributed by atoms with E-state index >= 15 is 0 Å². The molecule has 0 fully saturated rings. The van der Waals surface area contributed by atoms with Gasteiger partial charge in [-0.15, -0.1) is 0 Å². The lowest BCUT2D eigenvalue weighted by Crippen LogP contribution is -2.45. The number of anilines is 1. The highest BCUT2D eigenvalue weighted by atomic mass is 79.9. The third kappa shape index (κ3) is 4.43. The minimum Gasteiger partial charge on any atom is -0.503 e. The van der Waals surface area contributed by atoms with Crippen LogP contribution in [0.2, 0.25) is 0 Å². The maximum absolute atomic E-state index is 14.4. The maximum Gasteiger partial charge on any atom is 0.418 e. The topological polar surface area (TPSA) is 119 Å². The molecule has 0 radical (unpaired) electrons. The molecule has 2 aromatic rings. The van der Waals surface area contributed by atoms with Crippen LogP contribution < -0.4 is 15.8 Å². The summed E-state index contributed by atoms with van der Waals surface area (Å²) in [5, 5.41) is 12.0. The summed E-state index contributed by atoms with van der Waals surface area (Å²) in [7, 11) is 0. The molecule has 12 heteroatoms. The molecule has 1 aliphatic heterocycles. The van der Waals surface area contributed by atoms with Crippen LogP contribution in [0.15, 0.2) is 39.9 Å². The first-order chi connectivity index (χ1) is 13.7. The minimum absolute atomic E-state index is 0.0534. The Kier molecular flexibility index (Phi) is 5.94. The molecule has 3 rings (SSSR count). The maximum atomic E-state index is 14.4. The van der Waals surface area contributed by atoms with Gasteiger partial charge in [-0.1, -0.05) is 0 Å². The number of nitrogens with zero attached hydrogens (tertiary/aromatic N) is 2. The van der Waals surface area contributed by atoms with Crippen LogP contribution in [0.25, 0.3) is 0 Å². The Hall–Kier alpha value is -2.86. The molecule has 154 valence electrons. The zero-order chi connectivity index (χ0) is 21.2. The predicted octanol–water partition coefficient (Wildman–Crippen LogP) is 3.15. The van der Waals surface area contributed by atoms with Crippen LogP contribution in [0.3, 0.4) is 0 Å². The molecule has 0 spiro atoms. The summed E-state index contributed by atoms with van der Waals surface area (Å²) in [6.07, 6.45) is -2.92. The van der Waals surface area contributed by atoms with Crippen LogP contribution in [0.4, 0.5) is 23.7 Å². The molecular weight excluding hydrogens is 461 g/mol. The van der Waals surface area contributed by atoms with Gasteiger partial charge in [-0.2, -0.15) is 0 Å². The third-order valence-electron chi connectivity index (χ3n) is 3.94. The normalized spacial score (nSPS) is 19.0. The number of pyridine rings is 1. The molecule has 0 unspecified atom stereocenters. The highest BCUT2D eigenvalue weighted by Gasteiger charge is 2.46. The van der Waals surface area contributed by atoms with E-state index in [2.05, 4.69) is 31.2 Å². The number of rotatable bonds is 4. The van der Waals surface area contributed by atoms with Gasteiger partial charge in [0.15, 0.2) is 11.3 Å². The van der Waals surface area contributed by atoms with Gasteiger partial charge < -0.3 is 20.3 Å². The molecule has 4 N–H and O–H groups in total. The van der Waals surface area contributed by atoms with Gasteiger partial charge in [-0.3, -0.25) is 10.3 Å². The summed E-state index contributed by atoms with van der Waals surface area (Å²) in [5.41, 5.74) is 2.61. The third-order valence-corrected chi connectivity index (χ3v) is 4.38. The Bertz CT molecular complexity index is 976. The molecule has 0 saturated heterocycles. The SMILES string of the molecule is NC1=N[C@@](c2cc(NC(=O)Oc3ncc(Br)cc3O)ccc2F)(C(F)F)COC1. The number of amidine groups is 1. The predicted molar refractivity (Wildman–Crippen MR) is 99.8 cm³/mol. The van der Waals surface area contributed by atoms with Crippen molar-refractivity contribution in [3.63, 3.8) is 0 Å². The summed E-state index contributed by atoms with van der Waals surface area (Å²) >= 11 is 3.08. The van der Waals surface area contributed by atoms with Crippen LogP contribution >= 0.6 is 15.9 Å². The molecule has 8 nitrogen and oxygen atoms in total. The Balaban J connectivity index is 1.87. The summed E-state index contributed by atoms with van der Waals surface area (Å²) in [6, 6.07) is 4.28. The highest BCUT2D eigenvalue weighted by Crippen LogP contribution is 2.38. The zero-order valence-electron chi connectivity index (χ0n) is 14.5. The highest BCUT2D eigenvalue weighted by molar-refractivity contribution is 9.10. The fourth-order valence-electron chi connectivity index (χ4n) is 2.66. The number of hydrogen-bond acceptors (Lipinski definition) is 7. The van der Waals surface area contributed by atoms with Gasteiger partial charge >= 0.3 is 6.09 Å². The molecule has 1 aromatic heterocycles. The van der Waals surface area contributed by atoms with Gasteiger partial charge in [0.25, 0.3) is 12.3 Å². The zero-order valence-corrected chi connectivity index (χ0v) is 16.1. The van der Waals surface area contributed by atoms with Crippen molar-refractivity contribution in [2.45, 2.75) is 12.0 Å². The number of nitrogens with one attached hydrogen (secondary N) is 1. The van der Waals surface area contributed by atoms with E-state index in [1.807, 2.05) is 0 Å². The van der Waals surface area contributed by atoms with Gasteiger partial charge in [-0.05, 0) is 34.1 Å². The minimum atomic E-state index is -3.12. The van der Waals surface area contributed by atoms with Crippen molar-refractivity contribution in [1.82, 2.24) is 4.98 Å². The summed E-state index contributed by atoms with van der Waals surface area (Å²) in [5.74, 6) is -1.96. The molecule has 0 aliphatic carbocycles. The number of hydrogen-bond donors (Lipinski definition) is 3. The molecule has 29 heavy (non-hydrogen) atoms. The molecule has 1 aromatic carbocycles. The Morgan fingerprint density at radius 2 is 2.17 bits per heavy atom. The Labute approximate surface area is 170 Å². The molecule has 1 atom stereocenters. The lowest BCUT2D eigenvalue weighted by atomic mass is 9.90. The van der Waals surface area contributed by atoms with E-state index < -0.39 is 41.8 Å². The number of benzene rings is 1. The quantitative estimate of drug-likeness (QED) is 0.626. The second kappa shape index (κ2) is 8.25. The van der Waals surface area contributed by atoms with Crippen molar-refractivity contribution >= 4 is 33.5 Å². The van der Waals surface area contributed by atoms with Crippen LogP contribution in [0, 0.1) is 5.82 Å². The number of amides is 1. The number of alkyl halides is 2. The van der Waals surface area contributed by atoms with Crippen LogP contribution in [-0.4, -0.2) is 41.7 Å². The average molecular weight is 475 g/mol. The number of halogens is 4. The monoisotopic (exact) mass is 474 g/mol. The van der Waals surface area contributed by atoms with Crippen molar-refractivity contribution in [2.75, 3.05) is 18.5 Å². The van der Waals surface area contributed by atoms with Crippen LogP contribution in [-0.2, 0) is 10.3 Å². The number of aliphatic imine (C=N–C) groups is 1. The van der Waals surface area contributed by atoms with Gasteiger partial charge in [-0.25, -0.2) is 22.9 Å². The summed E-state index contributed by atoms with van der Waals surface area (Å²) in [6.45, 7) is -0.739. The Morgan fingerprint density at radius 3 is 2.83 bits per heavy atom. The lowest BCUT2D eigenvalue weighted by molar-refractivity contribution is -0.0145. The van der Waals surface area contributed by atoms with E-state index in [1.165, 1.54) is 12.3 Å². The number of carbonyl (C=O) groups is 1. The summed E-state index contributed by atoms with van der Waals surface area (Å²) in [4.78, 5) is 19.5. The first kappa shape index (κ1) is 20.9. The number of carbonyl (C=O) groups excluding carboxylic acids is 1. The number of ether oxygens (including phenoxy) is 2. The Morgan fingerprint density at radius 1 is 1.41 bits per heavy atom. The summed E-state index contributed by atoms with van der Waals surface area (Å²) < 4.78 is 52.4. The van der Waals surface area contributed by atoms with Crippen LogP contribution in [0.5, 0.6) is 11.6 Å². The molecular formula is C17H14BrF3N4O4. The lowest BCUT2D eigenvalue weighted by Gasteiger charge is -2.33. The molecule has 0 bridgehead atoms. The second-order valence-electron chi connectivity index (χ2n) is 6.01. The van der Waals surface area contributed by atoms with E-state index in [0.717, 1.165) is 18.2 Å². The van der Waals surface area contributed by atoms with E-state index in [-0.39, 0.29) is 24.0 Å². The molecule has 0 saturated carbocycles. The number of aromatic nitrogens is 1. The largest absolute Gasteiger partial charge is 0.503 e. The standard InChI is InChI=1S/C17H14BrF3N4O4/c18-8-3-12(26)14(23-5-8)29-16(27)24-9-1-2-11(19)10(4-9)17(15(20)21)7-28-6-13(22)25-17/h1-5,15,26H,6-7H2,(H2,22,25)(H,24,27)/t17-/m0/s1. The number of aromatic hydroxyl groups is 1. The second-order valence-corrected chi connectivity index (χ2v) is 6.92. The van der Waals surface area contributed by atoms with Gasteiger partial charge in [0.05, 0.1) is 6.61 Å². The average Bonchev–Trinajstić information content (AvgIpc) is 2.65. The van der Waals surface area contributed by atoms with Gasteiger partial charge in [0.1, 0.15) is 18.3 Å². The van der Waals surface area contributed by atoms with E-state index in [0.29, 0.717) is 4.47 Å². The molecule has 2 heterocycles. The molecule has 1 amide bonds. The van der Waals surface area contributed by atoms with Crippen molar-refractivity contribution in [3.8, 4) is 11.6 Å². The van der Waals surface area contributed by atoms with Crippen molar-refractivity contribution in [3.05, 3.63) is 46.3 Å². The number of nitrogens with two attached hydrogens (primary N) is 1. The van der Waals surface area contributed by atoms with Crippen molar-refractivity contribution < 1.29 is 32.5 Å². The first-order valence-electron chi connectivity index (χ1n) is 8.05.